The summed E-state index contributed by atoms with van der Waals surface area (Å²) >= 11 is 0. The van der Waals surface area contributed by atoms with Gasteiger partial charge in [0.1, 0.15) is 5.75 Å². The summed E-state index contributed by atoms with van der Waals surface area (Å²) in [5, 5.41) is 16.9. The predicted octanol–water partition coefficient (Wildman–Crippen LogP) is 1.67. The van der Waals surface area contributed by atoms with Gasteiger partial charge in [-0.25, -0.2) is 8.78 Å². The van der Waals surface area contributed by atoms with Crippen LogP contribution in [0.15, 0.2) is 29.4 Å². The second kappa shape index (κ2) is 6.27. The van der Waals surface area contributed by atoms with E-state index >= 15 is 0 Å². The van der Waals surface area contributed by atoms with Gasteiger partial charge in [-0.3, -0.25) is 4.79 Å². The van der Waals surface area contributed by atoms with Crippen LogP contribution in [0.5, 0.6) is 5.75 Å². The second-order valence-electron chi connectivity index (χ2n) is 4.98. The molecule has 1 aliphatic heterocycles. The summed E-state index contributed by atoms with van der Waals surface area (Å²) in [6.07, 6.45) is -3.46. The van der Waals surface area contributed by atoms with Gasteiger partial charge in [-0.1, -0.05) is 0 Å². The van der Waals surface area contributed by atoms with Gasteiger partial charge in [-0.15, -0.1) is 0 Å². The minimum Gasteiger partial charge on any atom is -0.497 e. The molecular formula is C14H17F2N3O3. The van der Waals surface area contributed by atoms with Crippen molar-refractivity contribution in [3.05, 3.63) is 24.3 Å². The van der Waals surface area contributed by atoms with Crippen molar-refractivity contribution in [2.24, 2.45) is 5.10 Å². The molecule has 6 nitrogen and oxygen atoms in total. The highest BCUT2D eigenvalue weighted by Gasteiger charge is 2.50. The molecular weight excluding hydrogens is 296 g/mol. The zero-order valence-electron chi connectivity index (χ0n) is 12.2. The Balaban J connectivity index is 2.01. The highest BCUT2D eigenvalue weighted by molar-refractivity contribution is 5.90. The van der Waals surface area contributed by atoms with Gasteiger partial charge in [-0.2, -0.15) is 10.1 Å². The number of aliphatic hydroxyl groups is 1. The Morgan fingerprint density at radius 3 is 2.68 bits per heavy atom. The number of carbonyl (C=O) groups is 1. The largest absolute Gasteiger partial charge is 0.497 e. The third-order valence-electron chi connectivity index (χ3n) is 3.27. The van der Waals surface area contributed by atoms with Gasteiger partial charge in [0.2, 0.25) is 5.72 Å². The van der Waals surface area contributed by atoms with Crippen LogP contribution in [-0.4, -0.2) is 47.5 Å². The lowest BCUT2D eigenvalue weighted by molar-refractivity contribution is -0.190. The van der Waals surface area contributed by atoms with Crippen molar-refractivity contribution in [3.63, 3.8) is 0 Å². The van der Waals surface area contributed by atoms with Crippen molar-refractivity contribution in [2.75, 3.05) is 19.0 Å². The molecule has 0 saturated carbocycles. The minimum absolute atomic E-state index is 0.266. The lowest BCUT2D eigenvalue weighted by Crippen LogP contribution is -2.52. The maximum Gasteiger partial charge on any atom is 0.287 e. The maximum atomic E-state index is 13.0. The highest BCUT2D eigenvalue weighted by Crippen LogP contribution is 2.31. The van der Waals surface area contributed by atoms with Crippen LogP contribution in [0.25, 0.3) is 0 Å². The molecule has 0 aromatic heterocycles. The molecule has 120 valence electrons. The van der Waals surface area contributed by atoms with Crippen molar-refractivity contribution in [1.29, 1.82) is 0 Å². The number of rotatable bonds is 5. The van der Waals surface area contributed by atoms with Gasteiger partial charge in [0.15, 0.2) is 0 Å². The average Bonchev–Trinajstić information content (AvgIpc) is 2.81. The molecule has 0 aliphatic carbocycles. The van der Waals surface area contributed by atoms with Crippen LogP contribution in [0, 0.1) is 0 Å². The lowest BCUT2D eigenvalue weighted by Gasteiger charge is -2.30. The van der Waals surface area contributed by atoms with Crippen LogP contribution in [0.3, 0.4) is 0 Å². The van der Waals surface area contributed by atoms with Gasteiger partial charge in [0.05, 0.1) is 13.7 Å². The van der Waals surface area contributed by atoms with E-state index in [-0.39, 0.29) is 18.7 Å². The summed E-state index contributed by atoms with van der Waals surface area (Å²) in [5.74, 6) is -0.0841. The molecule has 0 saturated heterocycles. The van der Waals surface area contributed by atoms with Crippen LogP contribution in [0.4, 0.5) is 14.5 Å². The molecule has 1 amide bonds. The van der Waals surface area contributed by atoms with E-state index in [4.69, 9.17) is 4.74 Å². The summed E-state index contributed by atoms with van der Waals surface area (Å²) in [7, 11) is 1.53. The first-order chi connectivity index (χ1) is 10.4. The third-order valence-corrected chi connectivity index (χ3v) is 3.27. The van der Waals surface area contributed by atoms with E-state index in [9.17, 15) is 18.7 Å². The normalized spacial score (nSPS) is 21.0. The van der Waals surface area contributed by atoms with E-state index in [1.807, 2.05) is 0 Å². The summed E-state index contributed by atoms with van der Waals surface area (Å²) < 4.78 is 31.0. The third kappa shape index (κ3) is 3.16. The first-order valence-corrected chi connectivity index (χ1v) is 6.62. The number of nitrogens with zero attached hydrogens (tertiary/aromatic N) is 2. The maximum absolute atomic E-state index is 13.0. The molecule has 1 aliphatic rings. The van der Waals surface area contributed by atoms with Crippen LogP contribution in [0.1, 0.15) is 13.3 Å². The minimum atomic E-state index is -3.10. The van der Waals surface area contributed by atoms with E-state index in [0.717, 1.165) is 0 Å². The fourth-order valence-electron chi connectivity index (χ4n) is 2.15. The number of anilines is 1. The van der Waals surface area contributed by atoms with E-state index < -0.39 is 18.1 Å². The number of nitrogens with one attached hydrogen (secondary N) is 1. The lowest BCUT2D eigenvalue weighted by atomic mass is 10.1. The number of halogens is 2. The quantitative estimate of drug-likeness (QED) is 0.867. The van der Waals surface area contributed by atoms with Crippen molar-refractivity contribution in [2.45, 2.75) is 25.5 Å². The Bertz CT molecular complexity index is 577. The van der Waals surface area contributed by atoms with Crippen molar-refractivity contribution < 1.29 is 23.4 Å². The molecule has 0 spiro atoms. The number of ether oxygens (including phenoxy) is 1. The molecule has 1 aromatic carbocycles. The molecule has 2 N–H and O–H groups in total. The number of benzene rings is 1. The molecule has 0 bridgehead atoms. The van der Waals surface area contributed by atoms with Crippen LogP contribution >= 0.6 is 0 Å². The first-order valence-electron chi connectivity index (χ1n) is 6.62. The van der Waals surface area contributed by atoms with Crippen molar-refractivity contribution in [1.82, 2.24) is 5.01 Å². The Morgan fingerprint density at radius 2 is 2.14 bits per heavy atom. The summed E-state index contributed by atoms with van der Waals surface area (Å²) in [6, 6.07) is 6.76. The van der Waals surface area contributed by atoms with Gasteiger partial charge in [-0.05, 0) is 31.2 Å². The highest BCUT2D eigenvalue weighted by atomic mass is 19.3. The SMILES string of the molecule is COc1ccc(NCC(=O)N2N=C(C)CC2(O)C(F)F)cc1. The van der Waals surface area contributed by atoms with E-state index in [1.54, 1.807) is 24.3 Å². The molecule has 0 radical (unpaired) electrons. The van der Waals surface area contributed by atoms with E-state index in [0.29, 0.717) is 16.4 Å². The number of hydrogen-bond acceptors (Lipinski definition) is 5. The molecule has 8 heteroatoms. The number of alkyl halides is 2. The van der Waals surface area contributed by atoms with Crippen molar-refractivity contribution >= 4 is 17.3 Å². The Kier molecular flexibility index (Phi) is 4.60. The molecule has 22 heavy (non-hydrogen) atoms. The fraction of sp³-hybridized carbons (Fsp3) is 0.429. The number of carbonyl (C=O) groups excluding carboxylic acids is 1. The zero-order chi connectivity index (χ0) is 16.3. The molecule has 0 fully saturated rings. The summed E-state index contributed by atoms with van der Waals surface area (Å²) in [4.78, 5) is 12.0. The predicted molar refractivity (Wildman–Crippen MR) is 77.0 cm³/mol. The van der Waals surface area contributed by atoms with Crippen LogP contribution < -0.4 is 10.1 Å². The number of hydrazone groups is 1. The monoisotopic (exact) mass is 313 g/mol. The Hall–Kier alpha value is -2.22. The van der Waals surface area contributed by atoms with Gasteiger partial charge < -0.3 is 15.2 Å². The number of hydrogen-bond donors (Lipinski definition) is 2. The van der Waals surface area contributed by atoms with Gasteiger partial charge >= 0.3 is 0 Å². The van der Waals surface area contributed by atoms with E-state index in [2.05, 4.69) is 10.4 Å². The Labute approximate surface area is 126 Å². The van der Waals surface area contributed by atoms with E-state index in [1.165, 1.54) is 14.0 Å². The Morgan fingerprint density at radius 1 is 1.50 bits per heavy atom. The number of amides is 1. The average molecular weight is 313 g/mol. The molecule has 1 unspecified atom stereocenters. The molecule has 1 atom stereocenters. The second-order valence-corrected chi connectivity index (χ2v) is 4.98. The van der Waals surface area contributed by atoms with Gasteiger partial charge in [0, 0.05) is 17.8 Å². The van der Waals surface area contributed by atoms with Gasteiger partial charge in [0.25, 0.3) is 12.3 Å². The van der Waals surface area contributed by atoms with Crippen molar-refractivity contribution in [3.8, 4) is 5.75 Å². The fourth-order valence-corrected chi connectivity index (χ4v) is 2.15. The summed E-state index contributed by atoms with van der Waals surface area (Å²) in [6.45, 7) is 1.22. The summed E-state index contributed by atoms with van der Waals surface area (Å²) in [5.41, 5.74) is -1.67. The molecule has 2 rings (SSSR count). The number of methoxy groups -OCH3 is 1. The first kappa shape index (κ1) is 16.2. The molecule has 1 heterocycles. The van der Waals surface area contributed by atoms with Crippen LogP contribution in [0.2, 0.25) is 0 Å². The topological polar surface area (TPSA) is 74.2 Å². The standard InChI is InChI=1S/C14H17F2N3O3/c1-9-7-14(21,13(15)16)19(18-9)12(20)8-17-10-3-5-11(22-2)6-4-10/h3-6,13,17,21H,7-8H2,1-2H3. The zero-order valence-corrected chi connectivity index (χ0v) is 12.2. The molecule has 1 aromatic rings. The smallest absolute Gasteiger partial charge is 0.287 e. The van der Waals surface area contributed by atoms with Crippen LogP contribution in [-0.2, 0) is 4.79 Å².